The Labute approximate surface area is 127 Å². The van der Waals surface area contributed by atoms with Gasteiger partial charge in [-0.3, -0.25) is 14.5 Å². The van der Waals surface area contributed by atoms with Gasteiger partial charge in [-0.25, -0.2) is 0 Å². The maximum Gasteiger partial charge on any atom is 0.325 e. The summed E-state index contributed by atoms with van der Waals surface area (Å²) in [6, 6.07) is 3.44. The molecule has 100 valence electrons. The minimum absolute atomic E-state index is 0.180. The zero-order valence-corrected chi connectivity index (χ0v) is 12.9. The van der Waals surface area contributed by atoms with Gasteiger partial charge in [0.2, 0.25) is 0 Å². The van der Waals surface area contributed by atoms with Crippen LogP contribution < -0.4 is 0 Å². The van der Waals surface area contributed by atoms with Crippen LogP contribution in [0.15, 0.2) is 26.1 Å². The standard InChI is InChI=1S/C11H8BrNO4S2/c1-16-9(14)5-13-10(15)7(19-11(13)18)4-6-2-3-8(12)17-6/h2-4H,5H2,1H3/b7-4-. The number of halogens is 1. The van der Waals surface area contributed by atoms with E-state index in [1.807, 2.05) is 0 Å². The smallest absolute Gasteiger partial charge is 0.325 e. The summed E-state index contributed by atoms with van der Waals surface area (Å²) in [4.78, 5) is 24.9. The Balaban J connectivity index is 2.18. The molecule has 1 aliphatic heterocycles. The van der Waals surface area contributed by atoms with Gasteiger partial charge in [-0.2, -0.15) is 0 Å². The van der Waals surface area contributed by atoms with E-state index in [1.54, 1.807) is 18.2 Å². The summed E-state index contributed by atoms with van der Waals surface area (Å²) in [7, 11) is 1.26. The Morgan fingerprint density at radius 3 is 2.95 bits per heavy atom. The maximum absolute atomic E-state index is 12.1. The Hall–Kier alpha value is -1.12. The van der Waals surface area contributed by atoms with Crippen molar-refractivity contribution in [2.75, 3.05) is 13.7 Å². The van der Waals surface area contributed by atoms with Gasteiger partial charge in [-0.1, -0.05) is 24.0 Å². The lowest BCUT2D eigenvalue weighted by Crippen LogP contribution is -2.33. The highest BCUT2D eigenvalue weighted by Gasteiger charge is 2.33. The fraction of sp³-hybridized carbons (Fsp3) is 0.182. The first-order valence-corrected chi connectivity index (χ1v) is 7.10. The number of carbonyl (C=O) groups excluding carboxylic acids is 2. The van der Waals surface area contributed by atoms with E-state index in [-0.39, 0.29) is 12.5 Å². The average molecular weight is 362 g/mol. The average Bonchev–Trinajstić information content (AvgIpc) is 2.88. The summed E-state index contributed by atoms with van der Waals surface area (Å²) in [5.74, 6) is -0.309. The molecule has 1 aromatic rings. The summed E-state index contributed by atoms with van der Waals surface area (Å²) in [6.07, 6.45) is 1.58. The van der Waals surface area contributed by atoms with Gasteiger partial charge in [-0.05, 0) is 28.1 Å². The molecule has 1 fully saturated rings. The number of rotatable bonds is 3. The van der Waals surface area contributed by atoms with E-state index < -0.39 is 5.97 Å². The quantitative estimate of drug-likeness (QED) is 0.468. The van der Waals surface area contributed by atoms with Crippen LogP contribution in [0.4, 0.5) is 0 Å². The van der Waals surface area contributed by atoms with Crippen LogP contribution in [0.1, 0.15) is 5.76 Å². The number of furan rings is 1. The van der Waals surface area contributed by atoms with Crippen molar-refractivity contribution in [1.82, 2.24) is 4.90 Å². The molecule has 2 rings (SSSR count). The van der Waals surface area contributed by atoms with Crippen LogP contribution in [0.25, 0.3) is 6.08 Å². The largest absolute Gasteiger partial charge is 0.468 e. The fourth-order valence-electron chi connectivity index (χ4n) is 1.37. The Morgan fingerprint density at radius 2 is 2.37 bits per heavy atom. The minimum Gasteiger partial charge on any atom is -0.468 e. The lowest BCUT2D eigenvalue weighted by atomic mass is 10.3. The molecular formula is C11H8BrNO4S2. The first kappa shape index (κ1) is 14.3. The third-order valence-electron chi connectivity index (χ3n) is 2.26. The van der Waals surface area contributed by atoms with E-state index in [1.165, 1.54) is 12.0 Å². The zero-order valence-electron chi connectivity index (χ0n) is 9.71. The van der Waals surface area contributed by atoms with E-state index >= 15 is 0 Å². The molecule has 0 bridgehead atoms. The van der Waals surface area contributed by atoms with Crippen molar-refractivity contribution in [3.05, 3.63) is 27.5 Å². The SMILES string of the molecule is COC(=O)CN1C(=O)/C(=C/c2ccc(Br)o2)SC1=S. The van der Waals surface area contributed by atoms with E-state index in [2.05, 4.69) is 20.7 Å². The van der Waals surface area contributed by atoms with Gasteiger partial charge < -0.3 is 9.15 Å². The first-order valence-electron chi connectivity index (χ1n) is 5.09. The third kappa shape index (κ3) is 3.26. The van der Waals surface area contributed by atoms with Gasteiger partial charge in [0, 0.05) is 6.08 Å². The van der Waals surface area contributed by atoms with Gasteiger partial charge in [0.1, 0.15) is 16.6 Å². The summed E-state index contributed by atoms with van der Waals surface area (Å²) in [5.41, 5.74) is 0. The van der Waals surface area contributed by atoms with E-state index in [0.29, 0.717) is 19.7 Å². The third-order valence-corrected chi connectivity index (χ3v) is 4.06. The molecule has 0 unspecified atom stereocenters. The van der Waals surface area contributed by atoms with E-state index in [9.17, 15) is 9.59 Å². The number of hydrogen-bond donors (Lipinski definition) is 0. The number of ether oxygens (including phenoxy) is 1. The lowest BCUT2D eigenvalue weighted by Gasteiger charge is -2.11. The topological polar surface area (TPSA) is 59.8 Å². The Kier molecular flexibility index (Phi) is 4.43. The molecule has 0 radical (unpaired) electrons. The molecule has 0 spiro atoms. The predicted octanol–water partition coefficient (Wildman–Crippen LogP) is 2.42. The van der Waals surface area contributed by atoms with Crippen molar-refractivity contribution in [2.24, 2.45) is 0 Å². The molecular weight excluding hydrogens is 354 g/mol. The zero-order chi connectivity index (χ0) is 14.0. The van der Waals surface area contributed by atoms with Gasteiger partial charge in [0.15, 0.2) is 4.67 Å². The summed E-state index contributed by atoms with van der Waals surface area (Å²) in [5, 5.41) is 0. The van der Waals surface area contributed by atoms with Gasteiger partial charge >= 0.3 is 5.97 Å². The molecule has 2 heterocycles. The number of esters is 1. The van der Waals surface area contributed by atoms with Gasteiger partial charge in [0.25, 0.3) is 5.91 Å². The molecule has 1 amide bonds. The second-order valence-electron chi connectivity index (χ2n) is 3.49. The number of thiocarbonyl (C=S) groups is 1. The second-order valence-corrected chi connectivity index (χ2v) is 5.94. The first-order chi connectivity index (χ1) is 9.01. The van der Waals surface area contributed by atoms with Crippen LogP contribution in [0.3, 0.4) is 0 Å². The van der Waals surface area contributed by atoms with Crippen LogP contribution in [0.2, 0.25) is 0 Å². The van der Waals surface area contributed by atoms with Crippen molar-refractivity contribution in [1.29, 1.82) is 0 Å². The van der Waals surface area contributed by atoms with Crippen molar-refractivity contribution in [3.8, 4) is 0 Å². The van der Waals surface area contributed by atoms with Crippen LogP contribution in [-0.2, 0) is 14.3 Å². The highest BCUT2D eigenvalue weighted by atomic mass is 79.9. The molecule has 0 aliphatic carbocycles. The number of nitrogens with zero attached hydrogens (tertiary/aromatic N) is 1. The van der Waals surface area contributed by atoms with E-state index in [4.69, 9.17) is 16.6 Å². The number of amides is 1. The number of carbonyl (C=O) groups is 2. The van der Waals surface area contributed by atoms with Gasteiger partial charge in [0.05, 0.1) is 12.0 Å². The van der Waals surface area contributed by atoms with Crippen LogP contribution >= 0.6 is 39.9 Å². The Morgan fingerprint density at radius 1 is 1.63 bits per heavy atom. The predicted molar refractivity (Wildman–Crippen MR) is 78.3 cm³/mol. The van der Waals surface area contributed by atoms with Crippen molar-refractivity contribution in [2.45, 2.75) is 0 Å². The van der Waals surface area contributed by atoms with E-state index in [0.717, 1.165) is 11.8 Å². The monoisotopic (exact) mass is 361 g/mol. The molecule has 1 aliphatic rings. The molecule has 8 heteroatoms. The summed E-state index contributed by atoms with van der Waals surface area (Å²) < 4.78 is 10.7. The highest BCUT2D eigenvalue weighted by Crippen LogP contribution is 2.32. The van der Waals surface area contributed by atoms with Crippen molar-refractivity contribution >= 4 is 62.2 Å². The van der Waals surface area contributed by atoms with Crippen LogP contribution in [-0.4, -0.2) is 34.8 Å². The second kappa shape index (κ2) is 5.89. The minimum atomic E-state index is -0.515. The van der Waals surface area contributed by atoms with Gasteiger partial charge in [-0.15, -0.1) is 0 Å². The van der Waals surface area contributed by atoms with Crippen molar-refractivity contribution < 1.29 is 18.7 Å². The molecule has 1 saturated heterocycles. The molecule has 0 saturated carbocycles. The molecule has 0 atom stereocenters. The molecule has 19 heavy (non-hydrogen) atoms. The number of methoxy groups -OCH3 is 1. The summed E-state index contributed by atoms with van der Waals surface area (Å²) in [6.45, 7) is -0.180. The van der Waals surface area contributed by atoms with Crippen LogP contribution in [0, 0.1) is 0 Å². The fourth-order valence-corrected chi connectivity index (χ4v) is 2.92. The molecule has 5 nitrogen and oxygen atoms in total. The number of thioether (sulfide) groups is 1. The summed E-state index contributed by atoms with van der Waals surface area (Å²) >= 11 is 9.36. The highest BCUT2D eigenvalue weighted by molar-refractivity contribution is 9.10. The Bertz CT molecular complexity index is 581. The molecule has 0 aromatic carbocycles. The molecule has 1 aromatic heterocycles. The normalized spacial score (nSPS) is 17.4. The van der Waals surface area contributed by atoms with Crippen LogP contribution in [0.5, 0.6) is 0 Å². The lowest BCUT2D eigenvalue weighted by molar-refractivity contribution is -0.143. The van der Waals surface area contributed by atoms with Crippen molar-refractivity contribution in [3.63, 3.8) is 0 Å². The maximum atomic E-state index is 12.1. The molecule has 0 N–H and O–H groups in total. The number of hydrogen-bond acceptors (Lipinski definition) is 6.